The van der Waals surface area contributed by atoms with Gasteiger partial charge in [0, 0.05) is 6.20 Å². The lowest BCUT2D eigenvalue weighted by Crippen LogP contribution is -2.09. The Kier molecular flexibility index (Phi) is 3.41. The van der Waals surface area contributed by atoms with Crippen molar-refractivity contribution in [3.05, 3.63) is 47.3 Å². The fourth-order valence-electron chi connectivity index (χ4n) is 1.62. The van der Waals surface area contributed by atoms with E-state index < -0.39 is 29.0 Å². The van der Waals surface area contributed by atoms with Gasteiger partial charge in [0.15, 0.2) is 0 Å². The van der Waals surface area contributed by atoms with Crippen LogP contribution in [0.1, 0.15) is 16.7 Å². The third-order valence-corrected chi connectivity index (χ3v) is 2.60. The molecule has 0 amide bonds. The highest BCUT2D eigenvalue weighted by atomic mass is 19.4. The molecular formula is C12H5F6N3. The summed E-state index contributed by atoms with van der Waals surface area (Å²) in [6, 6.07) is 3.92. The average Bonchev–Trinajstić information content (AvgIpc) is 2.86. The quantitative estimate of drug-likeness (QED) is 0.752. The average molecular weight is 305 g/mol. The summed E-state index contributed by atoms with van der Waals surface area (Å²) < 4.78 is 76.2. The highest BCUT2D eigenvalue weighted by Gasteiger charge is 2.35. The van der Waals surface area contributed by atoms with E-state index >= 15 is 0 Å². The van der Waals surface area contributed by atoms with Gasteiger partial charge in [-0.1, -0.05) is 0 Å². The number of hydrogen-bond acceptors (Lipinski definition) is 2. The SMILES string of the molecule is N#Cc1ccc(-n2cc(C(F)(F)F)cn2)cc1C(F)(F)F. The number of hydrogen-bond donors (Lipinski definition) is 0. The van der Waals surface area contributed by atoms with Gasteiger partial charge in [-0.25, -0.2) is 4.68 Å². The Bertz CT molecular complexity index is 705. The van der Waals surface area contributed by atoms with Gasteiger partial charge in [-0.3, -0.25) is 0 Å². The summed E-state index contributed by atoms with van der Waals surface area (Å²) >= 11 is 0. The van der Waals surface area contributed by atoms with Gasteiger partial charge in [0.1, 0.15) is 0 Å². The molecule has 0 saturated carbocycles. The summed E-state index contributed by atoms with van der Waals surface area (Å²) in [7, 11) is 0. The van der Waals surface area contributed by atoms with Crippen molar-refractivity contribution < 1.29 is 26.3 Å². The first-order valence-corrected chi connectivity index (χ1v) is 5.36. The maximum absolute atomic E-state index is 12.8. The predicted octanol–water partition coefficient (Wildman–Crippen LogP) is 3.78. The Morgan fingerprint density at radius 2 is 1.71 bits per heavy atom. The summed E-state index contributed by atoms with van der Waals surface area (Å²) in [5, 5.41) is 12.0. The van der Waals surface area contributed by atoms with Crippen LogP contribution < -0.4 is 0 Å². The van der Waals surface area contributed by atoms with E-state index in [1.54, 1.807) is 0 Å². The molecule has 0 saturated heterocycles. The number of aromatic nitrogens is 2. The molecule has 1 aromatic heterocycles. The lowest BCUT2D eigenvalue weighted by atomic mass is 10.1. The van der Waals surface area contributed by atoms with Crippen LogP contribution in [0.3, 0.4) is 0 Å². The van der Waals surface area contributed by atoms with Gasteiger partial charge in [-0.15, -0.1) is 0 Å². The second-order valence-corrected chi connectivity index (χ2v) is 4.01. The standard InChI is InChI=1S/C12H5F6N3/c13-11(14,15)8-5-20-21(6-8)9-2-1-7(4-19)10(3-9)12(16,17)18/h1-3,5-6H. The maximum atomic E-state index is 12.8. The molecule has 0 atom stereocenters. The van der Waals surface area contributed by atoms with Crippen molar-refractivity contribution in [3.8, 4) is 11.8 Å². The second kappa shape index (κ2) is 4.80. The minimum atomic E-state index is -4.79. The van der Waals surface area contributed by atoms with Crippen LogP contribution in [0.5, 0.6) is 0 Å². The van der Waals surface area contributed by atoms with E-state index in [1.165, 1.54) is 6.07 Å². The van der Waals surface area contributed by atoms with Crippen LogP contribution in [0.4, 0.5) is 26.3 Å². The van der Waals surface area contributed by atoms with Gasteiger partial charge in [0.25, 0.3) is 0 Å². The van der Waals surface area contributed by atoms with Crippen LogP contribution in [-0.4, -0.2) is 9.78 Å². The van der Waals surface area contributed by atoms with Crippen molar-refractivity contribution in [2.45, 2.75) is 12.4 Å². The zero-order valence-electron chi connectivity index (χ0n) is 10.00. The number of alkyl halides is 6. The molecule has 0 radical (unpaired) electrons. The summed E-state index contributed by atoms with van der Waals surface area (Å²) in [6.07, 6.45) is -8.36. The molecular weight excluding hydrogens is 300 g/mol. The Labute approximate surface area is 114 Å². The molecule has 0 unspecified atom stereocenters. The molecule has 0 N–H and O–H groups in total. The number of halogens is 6. The summed E-state index contributed by atoms with van der Waals surface area (Å²) in [4.78, 5) is 0. The number of nitrogens with zero attached hydrogens (tertiary/aromatic N) is 3. The van der Waals surface area contributed by atoms with Crippen molar-refractivity contribution in [2.75, 3.05) is 0 Å². The zero-order valence-corrected chi connectivity index (χ0v) is 10.00. The molecule has 110 valence electrons. The molecule has 3 nitrogen and oxygen atoms in total. The summed E-state index contributed by atoms with van der Waals surface area (Å²) in [5.41, 5.74) is -3.15. The van der Waals surface area contributed by atoms with Crippen LogP contribution >= 0.6 is 0 Å². The molecule has 0 aliphatic heterocycles. The van der Waals surface area contributed by atoms with Crippen molar-refractivity contribution in [1.82, 2.24) is 9.78 Å². The molecule has 1 heterocycles. The zero-order chi connectivity index (χ0) is 15.8. The van der Waals surface area contributed by atoms with Crippen molar-refractivity contribution in [3.63, 3.8) is 0 Å². The van der Waals surface area contributed by atoms with E-state index in [-0.39, 0.29) is 5.69 Å². The molecule has 0 spiro atoms. The van der Waals surface area contributed by atoms with Gasteiger partial charge in [-0.05, 0) is 18.2 Å². The normalized spacial score (nSPS) is 12.2. The van der Waals surface area contributed by atoms with Crippen molar-refractivity contribution >= 4 is 0 Å². The predicted molar refractivity (Wildman–Crippen MR) is 58.3 cm³/mol. The lowest BCUT2D eigenvalue weighted by Gasteiger charge is -2.10. The second-order valence-electron chi connectivity index (χ2n) is 4.01. The van der Waals surface area contributed by atoms with Crippen LogP contribution in [0.25, 0.3) is 5.69 Å². The van der Waals surface area contributed by atoms with Crippen LogP contribution in [0.15, 0.2) is 30.6 Å². The number of nitriles is 1. The smallest absolute Gasteiger partial charge is 0.240 e. The fourth-order valence-corrected chi connectivity index (χ4v) is 1.62. The molecule has 0 fully saturated rings. The van der Waals surface area contributed by atoms with Gasteiger partial charge in [-0.2, -0.15) is 36.7 Å². The van der Waals surface area contributed by atoms with Gasteiger partial charge in [0.05, 0.1) is 34.6 Å². The van der Waals surface area contributed by atoms with Gasteiger partial charge < -0.3 is 0 Å². The molecule has 2 aromatic rings. The Morgan fingerprint density at radius 3 is 2.19 bits per heavy atom. The van der Waals surface area contributed by atoms with Crippen LogP contribution in [0.2, 0.25) is 0 Å². The molecule has 0 aliphatic rings. The number of benzene rings is 1. The minimum Gasteiger partial charge on any atom is -0.240 e. The lowest BCUT2D eigenvalue weighted by molar-refractivity contribution is -0.138. The first-order chi connectivity index (χ1) is 9.63. The van der Waals surface area contributed by atoms with Gasteiger partial charge >= 0.3 is 12.4 Å². The van der Waals surface area contributed by atoms with Crippen molar-refractivity contribution in [2.24, 2.45) is 0 Å². The molecule has 2 rings (SSSR count). The third-order valence-electron chi connectivity index (χ3n) is 2.60. The van der Waals surface area contributed by atoms with E-state index in [0.29, 0.717) is 23.1 Å². The van der Waals surface area contributed by atoms with E-state index in [2.05, 4.69) is 5.10 Å². The fraction of sp³-hybridized carbons (Fsp3) is 0.167. The summed E-state index contributed by atoms with van der Waals surface area (Å²) in [5.74, 6) is 0. The van der Waals surface area contributed by atoms with Crippen molar-refractivity contribution in [1.29, 1.82) is 5.26 Å². The number of rotatable bonds is 1. The Balaban J connectivity index is 2.52. The topological polar surface area (TPSA) is 41.6 Å². The van der Waals surface area contributed by atoms with Gasteiger partial charge in [0.2, 0.25) is 0 Å². The molecule has 0 aliphatic carbocycles. The summed E-state index contributed by atoms with van der Waals surface area (Å²) in [6.45, 7) is 0. The maximum Gasteiger partial charge on any atom is 0.419 e. The molecule has 0 bridgehead atoms. The largest absolute Gasteiger partial charge is 0.419 e. The van der Waals surface area contributed by atoms with E-state index in [0.717, 1.165) is 12.1 Å². The van der Waals surface area contributed by atoms with E-state index in [1.807, 2.05) is 0 Å². The Hall–Kier alpha value is -2.50. The monoisotopic (exact) mass is 305 g/mol. The van der Waals surface area contributed by atoms with E-state index in [9.17, 15) is 26.3 Å². The Morgan fingerprint density at radius 1 is 1.05 bits per heavy atom. The van der Waals surface area contributed by atoms with E-state index in [4.69, 9.17) is 5.26 Å². The molecule has 21 heavy (non-hydrogen) atoms. The highest BCUT2D eigenvalue weighted by Crippen LogP contribution is 2.34. The van der Waals surface area contributed by atoms with Crippen LogP contribution in [0, 0.1) is 11.3 Å². The highest BCUT2D eigenvalue weighted by molar-refractivity contribution is 5.47. The molecule has 9 heteroatoms. The first kappa shape index (κ1) is 14.9. The van der Waals surface area contributed by atoms with Crippen LogP contribution in [-0.2, 0) is 12.4 Å². The third kappa shape index (κ3) is 2.99. The molecule has 1 aromatic carbocycles. The minimum absolute atomic E-state index is 0.225. The first-order valence-electron chi connectivity index (χ1n) is 5.36.